The number of rotatable bonds is 6. The van der Waals surface area contributed by atoms with Crippen LogP contribution in [-0.4, -0.2) is 19.2 Å². The quantitative estimate of drug-likeness (QED) is 0.630. The SMILES string of the molecule is COc1cc(C(Cc2csc(C)n2)NN)cc(Cl)c1OC. The monoisotopic (exact) mass is 327 g/mol. The molecule has 0 bridgehead atoms. The van der Waals surface area contributed by atoms with Crippen LogP contribution in [0.2, 0.25) is 5.02 Å². The van der Waals surface area contributed by atoms with Crippen molar-refractivity contribution in [3.63, 3.8) is 0 Å². The summed E-state index contributed by atoms with van der Waals surface area (Å²) in [6.07, 6.45) is 0.673. The Morgan fingerprint density at radius 1 is 1.38 bits per heavy atom. The second kappa shape index (κ2) is 7.09. The van der Waals surface area contributed by atoms with Gasteiger partial charge in [0, 0.05) is 11.8 Å². The summed E-state index contributed by atoms with van der Waals surface area (Å²) in [6, 6.07) is 3.59. The minimum absolute atomic E-state index is 0.108. The predicted molar refractivity (Wildman–Crippen MR) is 85.2 cm³/mol. The molecule has 1 aromatic carbocycles. The molecule has 1 unspecified atom stereocenters. The number of nitrogens with zero attached hydrogens (tertiary/aromatic N) is 1. The van der Waals surface area contributed by atoms with Crippen molar-refractivity contribution in [1.29, 1.82) is 0 Å². The van der Waals surface area contributed by atoms with E-state index in [0.717, 1.165) is 16.3 Å². The molecular weight excluding hydrogens is 310 g/mol. The van der Waals surface area contributed by atoms with Gasteiger partial charge in [-0.05, 0) is 24.6 Å². The van der Waals surface area contributed by atoms with E-state index in [1.165, 1.54) is 0 Å². The zero-order valence-corrected chi connectivity index (χ0v) is 13.7. The molecule has 1 atom stereocenters. The summed E-state index contributed by atoms with van der Waals surface area (Å²) in [5.74, 6) is 6.78. The fourth-order valence-corrected chi connectivity index (χ4v) is 3.04. The number of nitrogens with two attached hydrogens (primary N) is 1. The van der Waals surface area contributed by atoms with Crippen LogP contribution < -0.4 is 20.7 Å². The molecule has 0 aliphatic carbocycles. The molecule has 2 rings (SSSR count). The summed E-state index contributed by atoms with van der Waals surface area (Å²) in [4.78, 5) is 4.46. The average molecular weight is 328 g/mol. The van der Waals surface area contributed by atoms with Gasteiger partial charge < -0.3 is 9.47 Å². The first kappa shape index (κ1) is 16.0. The highest BCUT2D eigenvalue weighted by Crippen LogP contribution is 2.38. The van der Waals surface area contributed by atoms with Gasteiger partial charge in [-0.15, -0.1) is 11.3 Å². The Balaban J connectivity index is 2.31. The fourth-order valence-electron chi connectivity index (χ4n) is 2.12. The first-order valence-electron chi connectivity index (χ1n) is 6.37. The number of hydrazine groups is 1. The van der Waals surface area contributed by atoms with Crippen molar-refractivity contribution in [2.75, 3.05) is 14.2 Å². The van der Waals surface area contributed by atoms with Crippen LogP contribution in [0.5, 0.6) is 11.5 Å². The van der Waals surface area contributed by atoms with E-state index >= 15 is 0 Å². The van der Waals surface area contributed by atoms with Crippen molar-refractivity contribution in [2.45, 2.75) is 19.4 Å². The van der Waals surface area contributed by atoms with Crippen molar-refractivity contribution in [3.05, 3.63) is 38.8 Å². The first-order chi connectivity index (χ1) is 10.1. The average Bonchev–Trinajstić information content (AvgIpc) is 2.89. The lowest BCUT2D eigenvalue weighted by atomic mass is 10.0. The summed E-state index contributed by atoms with van der Waals surface area (Å²) >= 11 is 7.85. The highest BCUT2D eigenvalue weighted by Gasteiger charge is 2.18. The second-order valence-electron chi connectivity index (χ2n) is 4.52. The largest absolute Gasteiger partial charge is 0.493 e. The normalized spacial score (nSPS) is 12.2. The zero-order valence-electron chi connectivity index (χ0n) is 12.1. The van der Waals surface area contributed by atoms with E-state index in [-0.39, 0.29) is 6.04 Å². The Bertz CT molecular complexity index is 618. The molecule has 5 nitrogen and oxygen atoms in total. The lowest BCUT2D eigenvalue weighted by Gasteiger charge is -2.18. The van der Waals surface area contributed by atoms with Gasteiger partial charge in [-0.3, -0.25) is 11.3 Å². The number of benzene rings is 1. The second-order valence-corrected chi connectivity index (χ2v) is 5.99. The van der Waals surface area contributed by atoms with E-state index in [4.69, 9.17) is 26.9 Å². The van der Waals surface area contributed by atoms with Crippen LogP contribution in [0.25, 0.3) is 0 Å². The first-order valence-corrected chi connectivity index (χ1v) is 7.63. The molecule has 0 aliphatic heterocycles. The van der Waals surface area contributed by atoms with E-state index in [1.54, 1.807) is 25.6 Å². The third-order valence-electron chi connectivity index (χ3n) is 3.14. The van der Waals surface area contributed by atoms with Crippen molar-refractivity contribution in [3.8, 4) is 11.5 Å². The van der Waals surface area contributed by atoms with E-state index < -0.39 is 0 Å². The molecule has 21 heavy (non-hydrogen) atoms. The molecule has 2 aromatic rings. The molecule has 1 heterocycles. The number of aromatic nitrogens is 1. The molecule has 7 heteroatoms. The molecule has 0 fully saturated rings. The van der Waals surface area contributed by atoms with Gasteiger partial charge in [0.1, 0.15) is 0 Å². The molecule has 0 spiro atoms. The van der Waals surface area contributed by atoms with Crippen LogP contribution in [0, 0.1) is 6.92 Å². The highest BCUT2D eigenvalue weighted by atomic mass is 35.5. The maximum atomic E-state index is 6.23. The number of hydrogen-bond acceptors (Lipinski definition) is 6. The Morgan fingerprint density at radius 3 is 2.67 bits per heavy atom. The maximum absolute atomic E-state index is 6.23. The Labute approximate surface area is 133 Å². The number of hydrogen-bond donors (Lipinski definition) is 2. The summed E-state index contributed by atoms with van der Waals surface area (Å²) in [6.45, 7) is 1.98. The van der Waals surface area contributed by atoms with E-state index in [2.05, 4.69) is 10.4 Å². The maximum Gasteiger partial charge on any atom is 0.179 e. The van der Waals surface area contributed by atoms with E-state index in [0.29, 0.717) is 22.9 Å². The molecule has 0 saturated heterocycles. The van der Waals surface area contributed by atoms with Crippen molar-refractivity contribution in [1.82, 2.24) is 10.4 Å². The Hall–Kier alpha value is -1.34. The Morgan fingerprint density at radius 2 is 2.14 bits per heavy atom. The van der Waals surface area contributed by atoms with E-state index in [9.17, 15) is 0 Å². The van der Waals surface area contributed by atoms with E-state index in [1.807, 2.05) is 24.4 Å². The summed E-state index contributed by atoms with van der Waals surface area (Å²) in [7, 11) is 3.13. The molecule has 3 N–H and O–H groups in total. The van der Waals surface area contributed by atoms with Gasteiger partial charge in [0.25, 0.3) is 0 Å². The predicted octanol–water partition coefficient (Wildman–Crippen LogP) is 2.87. The number of thiazole rings is 1. The van der Waals surface area contributed by atoms with Gasteiger partial charge in [0.05, 0.1) is 36.0 Å². The standard InChI is InChI=1S/C14H18ClN3O2S/c1-8-17-10(7-21-8)6-12(18-16)9-4-11(15)14(20-3)13(5-9)19-2/h4-5,7,12,18H,6,16H2,1-3H3. The number of aryl methyl sites for hydroxylation is 1. The third-order valence-corrected chi connectivity index (χ3v) is 4.24. The van der Waals surface area contributed by atoms with Crippen LogP contribution in [0.1, 0.15) is 22.3 Å². The van der Waals surface area contributed by atoms with Crippen LogP contribution in [-0.2, 0) is 6.42 Å². The summed E-state index contributed by atoms with van der Waals surface area (Å²) in [5, 5.41) is 3.55. The van der Waals surface area contributed by atoms with Crippen LogP contribution in [0.15, 0.2) is 17.5 Å². The van der Waals surface area contributed by atoms with Crippen LogP contribution >= 0.6 is 22.9 Å². The number of methoxy groups -OCH3 is 2. The van der Waals surface area contributed by atoms with Crippen LogP contribution in [0.4, 0.5) is 0 Å². The van der Waals surface area contributed by atoms with Crippen molar-refractivity contribution < 1.29 is 9.47 Å². The molecule has 0 aliphatic rings. The molecule has 0 radical (unpaired) electrons. The molecule has 1 aromatic heterocycles. The summed E-state index contributed by atoms with van der Waals surface area (Å²) < 4.78 is 10.6. The number of ether oxygens (including phenoxy) is 2. The molecule has 114 valence electrons. The van der Waals surface area contributed by atoms with Crippen LogP contribution in [0.3, 0.4) is 0 Å². The fraction of sp³-hybridized carbons (Fsp3) is 0.357. The van der Waals surface area contributed by atoms with Gasteiger partial charge in [-0.25, -0.2) is 4.98 Å². The molecule has 0 amide bonds. The molecule has 0 saturated carbocycles. The van der Waals surface area contributed by atoms with Gasteiger partial charge in [0.2, 0.25) is 0 Å². The lowest BCUT2D eigenvalue weighted by molar-refractivity contribution is 0.354. The van der Waals surface area contributed by atoms with Gasteiger partial charge in [0.15, 0.2) is 11.5 Å². The minimum Gasteiger partial charge on any atom is -0.493 e. The minimum atomic E-state index is -0.108. The van der Waals surface area contributed by atoms with Gasteiger partial charge in [-0.1, -0.05) is 11.6 Å². The number of halogens is 1. The lowest BCUT2D eigenvalue weighted by Crippen LogP contribution is -2.29. The Kier molecular flexibility index (Phi) is 5.41. The van der Waals surface area contributed by atoms with Crippen molar-refractivity contribution in [2.24, 2.45) is 5.84 Å². The number of nitrogens with one attached hydrogen (secondary N) is 1. The topological polar surface area (TPSA) is 69.4 Å². The zero-order chi connectivity index (χ0) is 15.4. The van der Waals surface area contributed by atoms with Gasteiger partial charge >= 0.3 is 0 Å². The summed E-state index contributed by atoms with van der Waals surface area (Å²) in [5.41, 5.74) is 4.72. The smallest absolute Gasteiger partial charge is 0.179 e. The van der Waals surface area contributed by atoms with Gasteiger partial charge in [-0.2, -0.15) is 0 Å². The highest BCUT2D eigenvalue weighted by molar-refractivity contribution is 7.09. The third kappa shape index (κ3) is 3.65. The molecular formula is C14H18ClN3O2S. The van der Waals surface area contributed by atoms with Crippen molar-refractivity contribution >= 4 is 22.9 Å².